The van der Waals surface area contributed by atoms with E-state index in [-0.39, 0.29) is 24.3 Å². The highest BCUT2D eigenvalue weighted by Gasteiger charge is 2.21. The minimum atomic E-state index is -0.325. The smallest absolute Gasteiger partial charge is 0.243 e. The van der Waals surface area contributed by atoms with Gasteiger partial charge in [0.2, 0.25) is 11.8 Å². The number of carbonyl (C=O) groups excluding carboxylic acids is 2. The molecule has 0 atom stereocenters. The standard InChI is InChI=1S/C14H16Cl2N2O3/c15-10-5-11(16)7-12(6-10)18-13(19)8-17-14(20)9-1-3-21-4-2-9/h5-7,9H,1-4,8H2,(H,17,20)(H,18,19). The van der Waals surface area contributed by atoms with Crippen molar-refractivity contribution in [2.75, 3.05) is 25.1 Å². The summed E-state index contributed by atoms with van der Waals surface area (Å²) in [5.41, 5.74) is 0.498. The predicted molar refractivity (Wildman–Crippen MR) is 81.6 cm³/mol. The van der Waals surface area contributed by atoms with Gasteiger partial charge in [0.1, 0.15) is 0 Å². The van der Waals surface area contributed by atoms with Crippen molar-refractivity contribution in [3.63, 3.8) is 0 Å². The van der Waals surface area contributed by atoms with Crippen LogP contribution in [0, 0.1) is 5.92 Å². The molecule has 0 radical (unpaired) electrons. The van der Waals surface area contributed by atoms with Crippen LogP contribution in [0.25, 0.3) is 0 Å². The Morgan fingerprint density at radius 3 is 2.38 bits per heavy atom. The van der Waals surface area contributed by atoms with Gasteiger partial charge < -0.3 is 15.4 Å². The molecule has 21 heavy (non-hydrogen) atoms. The normalized spacial score (nSPS) is 15.5. The Morgan fingerprint density at radius 1 is 1.14 bits per heavy atom. The quantitative estimate of drug-likeness (QED) is 0.891. The lowest BCUT2D eigenvalue weighted by molar-refractivity contribution is -0.129. The molecule has 1 fully saturated rings. The fourth-order valence-corrected chi connectivity index (χ4v) is 2.63. The van der Waals surface area contributed by atoms with Crippen LogP contribution in [-0.4, -0.2) is 31.6 Å². The number of halogens is 2. The van der Waals surface area contributed by atoms with Gasteiger partial charge in [-0.15, -0.1) is 0 Å². The summed E-state index contributed by atoms with van der Waals surface area (Å²) in [4.78, 5) is 23.7. The summed E-state index contributed by atoms with van der Waals surface area (Å²) in [5.74, 6) is -0.515. The van der Waals surface area contributed by atoms with Gasteiger partial charge in [0.15, 0.2) is 0 Å². The molecule has 2 N–H and O–H groups in total. The van der Waals surface area contributed by atoms with Crippen molar-refractivity contribution in [3.8, 4) is 0 Å². The Kier molecular flexibility index (Phi) is 5.85. The lowest BCUT2D eigenvalue weighted by Crippen LogP contribution is -2.38. The summed E-state index contributed by atoms with van der Waals surface area (Å²) in [5, 5.41) is 6.13. The van der Waals surface area contributed by atoms with E-state index < -0.39 is 0 Å². The van der Waals surface area contributed by atoms with Crippen molar-refractivity contribution in [2.24, 2.45) is 5.92 Å². The van der Waals surface area contributed by atoms with E-state index in [2.05, 4.69) is 10.6 Å². The second-order valence-electron chi connectivity index (χ2n) is 4.81. The first-order chi connectivity index (χ1) is 10.0. The largest absolute Gasteiger partial charge is 0.381 e. The molecule has 0 saturated carbocycles. The minimum absolute atomic E-state index is 0.0767. The van der Waals surface area contributed by atoms with Crippen molar-refractivity contribution in [2.45, 2.75) is 12.8 Å². The highest BCUT2D eigenvalue weighted by Crippen LogP contribution is 2.22. The number of benzene rings is 1. The molecule has 1 saturated heterocycles. The summed E-state index contributed by atoms with van der Waals surface area (Å²) >= 11 is 11.7. The van der Waals surface area contributed by atoms with Crippen LogP contribution >= 0.6 is 23.2 Å². The highest BCUT2D eigenvalue weighted by molar-refractivity contribution is 6.35. The SMILES string of the molecule is O=C(CNC(=O)C1CCOCC1)Nc1cc(Cl)cc(Cl)c1. The molecule has 114 valence electrons. The molecule has 1 aliphatic rings. The number of hydrogen-bond acceptors (Lipinski definition) is 3. The van der Waals surface area contributed by atoms with Crippen LogP contribution in [0.15, 0.2) is 18.2 Å². The topological polar surface area (TPSA) is 67.4 Å². The number of amides is 2. The van der Waals surface area contributed by atoms with E-state index in [1.807, 2.05) is 0 Å². The van der Waals surface area contributed by atoms with Gasteiger partial charge in [0, 0.05) is 34.9 Å². The second-order valence-corrected chi connectivity index (χ2v) is 5.68. The van der Waals surface area contributed by atoms with Gasteiger partial charge in [-0.2, -0.15) is 0 Å². The first-order valence-electron chi connectivity index (χ1n) is 6.66. The van der Waals surface area contributed by atoms with Crippen molar-refractivity contribution in [3.05, 3.63) is 28.2 Å². The van der Waals surface area contributed by atoms with Gasteiger partial charge in [-0.25, -0.2) is 0 Å². The van der Waals surface area contributed by atoms with E-state index in [0.29, 0.717) is 41.8 Å². The molecule has 0 aliphatic carbocycles. The van der Waals surface area contributed by atoms with Gasteiger partial charge in [0.05, 0.1) is 6.54 Å². The van der Waals surface area contributed by atoms with Gasteiger partial charge in [-0.1, -0.05) is 23.2 Å². The van der Waals surface area contributed by atoms with E-state index >= 15 is 0 Å². The number of nitrogens with one attached hydrogen (secondary N) is 2. The summed E-state index contributed by atoms with van der Waals surface area (Å²) in [6.07, 6.45) is 1.38. The third-order valence-electron chi connectivity index (χ3n) is 3.16. The average molecular weight is 331 g/mol. The molecule has 1 aromatic carbocycles. The lowest BCUT2D eigenvalue weighted by atomic mass is 9.99. The third kappa shape index (κ3) is 5.19. The molecule has 0 aromatic heterocycles. The van der Waals surface area contributed by atoms with Gasteiger partial charge in [-0.3, -0.25) is 9.59 Å². The fourth-order valence-electron chi connectivity index (χ4n) is 2.10. The van der Waals surface area contributed by atoms with Gasteiger partial charge >= 0.3 is 0 Å². The zero-order valence-corrected chi connectivity index (χ0v) is 12.8. The molecular weight excluding hydrogens is 315 g/mol. The molecule has 1 heterocycles. The Balaban J connectivity index is 1.80. The van der Waals surface area contributed by atoms with E-state index in [0.717, 1.165) is 0 Å². The van der Waals surface area contributed by atoms with Gasteiger partial charge in [0.25, 0.3) is 0 Å². The van der Waals surface area contributed by atoms with Gasteiger partial charge in [-0.05, 0) is 31.0 Å². The monoisotopic (exact) mass is 330 g/mol. The van der Waals surface area contributed by atoms with Crippen LogP contribution in [0.3, 0.4) is 0 Å². The second kappa shape index (κ2) is 7.64. The van der Waals surface area contributed by atoms with Crippen molar-refractivity contribution < 1.29 is 14.3 Å². The maximum atomic E-state index is 11.9. The maximum Gasteiger partial charge on any atom is 0.243 e. The van der Waals surface area contributed by atoms with E-state index in [1.54, 1.807) is 18.2 Å². The Bertz CT molecular complexity index is 511. The number of rotatable bonds is 4. The van der Waals surface area contributed by atoms with E-state index in [1.165, 1.54) is 0 Å². The molecule has 1 aliphatic heterocycles. The van der Waals surface area contributed by atoms with Crippen LogP contribution in [0.4, 0.5) is 5.69 Å². The zero-order chi connectivity index (χ0) is 15.2. The molecule has 7 heteroatoms. The summed E-state index contributed by atoms with van der Waals surface area (Å²) in [7, 11) is 0. The summed E-state index contributed by atoms with van der Waals surface area (Å²) in [6.45, 7) is 1.09. The highest BCUT2D eigenvalue weighted by atomic mass is 35.5. The van der Waals surface area contributed by atoms with E-state index in [4.69, 9.17) is 27.9 Å². The maximum absolute atomic E-state index is 11.9. The number of anilines is 1. The average Bonchev–Trinajstić information content (AvgIpc) is 2.44. The van der Waals surface area contributed by atoms with Crippen LogP contribution in [0.1, 0.15) is 12.8 Å². The minimum Gasteiger partial charge on any atom is -0.381 e. The molecule has 2 rings (SSSR count). The molecule has 0 spiro atoms. The first-order valence-corrected chi connectivity index (χ1v) is 7.41. The van der Waals surface area contributed by atoms with Crippen molar-refractivity contribution in [1.29, 1.82) is 0 Å². The number of hydrogen-bond donors (Lipinski definition) is 2. The third-order valence-corrected chi connectivity index (χ3v) is 3.60. The molecular formula is C14H16Cl2N2O3. The molecule has 1 aromatic rings. The van der Waals surface area contributed by atoms with Crippen molar-refractivity contribution >= 4 is 40.7 Å². The lowest BCUT2D eigenvalue weighted by Gasteiger charge is -2.21. The fraction of sp³-hybridized carbons (Fsp3) is 0.429. The molecule has 2 amide bonds. The Labute approximate surface area is 132 Å². The van der Waals surface area contributed by atoms with Crippen LogP contribution in [-0.2, 0) is 14.3 Å². The molecule has 5 nitrogen and oxygen atoms in total. The van der Waals surface area contributed by atoms with Crippen LogP contribution in [0.2, 0.25) is 10.0 Å². The van der Waals surface area contributed by atoms with E-state index in [9.17, 15) is 9.59 Å². The summed E-state index contributed by atoms with van der Waals surface area (Å²) in [6, 6.07) is 4.75. The number of ether oxygens (including phenoxy) is 1. The Morgan fingerprint density at radius 2 is 1.76 bits per heavy atom. The predicted octanol–water partition coefficient (Wildman–Crippen LogP) is 2.47. The Hall–Kier alpha value is -1.30. The first kappa shape index (κ1) is 16.1. The van der Waals surface area contributed by atoms with Crippen molar-refractivity contribution in [1.82, 2.24) is 5.32 Å². The number of carbonyl (C=O) groups is 2. The van der Waals surface area contributed by atoms with Crippen LogP contribution in [0.5, 0.6) is 0 Å². The summed E-state index contributed by atoms with van der Waals surface area (Å²) < 4.78 is 5.19. The van der Waals surface area contributed by atoms with Crippen LogP contribution < -0.4 is 10.6 Å². The molecule has 0 unspecified atom stereocenters. The zero-order valence-electron chi connectivity index (χ0n) is 11.3. The molecule has 0 bridgehead atoms.